The van der Waals surface area contributed by atoms with Crippen LogP contribution < -0.4 is 15.4 Å². The summed E-state index contributed by atoms with van der Waals surface area (Å²) < 4.78 is 19.6. The molecule has 0 spiro atoms. The highest BCUT2D eigenvalue weighted by Crippen LogP contribution is 2.25. The van der Waals surface area contributed by atoms with Crippen molar-refractivity contribution in [1.82, 2.24) is 15.3 Å². The number of nitrogens with one attached hydrogen (secondary N) is 2. The van der Waals surface area contributed by atoms with Gasteiger partial charge in [-0.1, -0.05) is 24.3 Å². The van der Waals surface area contributed by atoms with E-state index in [9.17, 15) is 9.18 Å². The van der Waals surface area contributed by atoms with Crippen LogP contribution in [0.5, 0.6) is 11.6 Å². The van der Waals surface area contributed by atoms with Crippen LogP contribution in [0.3, 0.4) is 0 Å². The Labute approximate surface area is 185 Å². The summed E-state index contributed by atoms with van der Waals surface area (Å²) in [6.45, 7) is 0.294. The molecule has 7 heteroatoms. The summed E-state index contributed by atoms with van der Waals surface area (Å²) >= 11 is 0. The Balaban J connectivity index is 1.38. The van der Waals surface area contributed by atoms with E-state index in [1.165, 1.54) is 6.07 Å². The number of carbonyl (C=O) groups is 1. The summed E-state index contributed by atoms with van der Waals surface area (Å²) in [5.74, 6) is 0.850. The molecule has 0 aliphatic rings. The summed E-state index contributed by atoms with van der Waals surface area (Å²) in [7, 11) is 0. The van der Waals surface area contributed by atoms with Crippen LogP contribution in [0.15, 0.2) is 91.3 Å². The van der Waals surface area contributed by atoms with Crippen molar-refractivity contribution in [3.63, 3.8) is 0 Å². The average molecular weight is 428 g/mol. The summed E-state index contributed by atoms with van der Waals surface area (Å²) in [6, 6.07) is 22.7. The van der Waals surface area contributed by atoms with Gasteiger partial charge in [-0.25, -0.2) is 14.4 Å². The van der Waals surface area contributed by atoms with Gasteiger partial charge in [-0.05, 0) is 66.6 Å². The number of amides is 1. The minimum atomic E-state index is -0.335. The number of hydrogen-bond acceptors (Lipinski definition) is 5. The average Bonchev–Trinajstić information content (AvgIpc) is 2.82. The summed E-state index contributed by atoms with van der Waals surface area (Å²) in [6.07, 6.45) is 3.66. The molecule has 2 N–H and O–H groups in total. The van der Waals surface area contributed by atoms with Crippen LogP contribution in [0, 0.1) is 5.82 Å². The number of nitrogens with zero attached hydrogens (tertiary/aromatic N) is 2. The molecule has 0 fully saturated rings. The van der Waals surface area contributed by atoms with Crippen molar-refractivity contribution in [3.05, 3.63) is 108 Å². The largest absolute Gasteiger partial charge is 0.438 e. The molecule has 1 amide bonds. The molecule has 0 radical (unpaired) electrons. The first-order valence-corrected chi connectivity index (χ1v) is 10.1. The number of hydrogen-bond donors (Lipinski definition) is 2. The van der Waals surface area contributed by atoms with Gasteiger partial charge in [-0.2, -0.15) is 0 Å². The molecule has 160 valence electrons. The molecule has 2 aromatic heterocycles. The Kier molecular flexibility index (Phi) is 6.67. The Morgan fingerprint density at radius 3 is 2.44 bits per heavy atom. The van der Waals surface area contributed by atoms with E-state index in [2.05, 4.69) is 20.6 Å². The molecule has 0 saturated carbocycles. The molecule has 0 bridgehead atoms. The van der Waals surface area contributed by atoms with Crippen molar-refractivity contribution in [1.29, 1.82) is 0 Å². The summed E-state index contributed by atoms with van der Waals surface area (Å²) in [4.78, 5) is 21.1. The molecule has 32 heavy (non-hydrogen) atoms. The van der Waals surface area contributed by atoms with Crippen LogP contribution in [0.25, 0.3) is 0 Å². The van der Waals surface area contributed by atoms with E-state index in [0.29, 0.717) is 29.8 Å². The first-order valence-electron chi connectivity index (χ1n) is 10.1. The van der Waals surface area contributed by atoms with Crippen molar-refractivity contribution in [2.45, 2.75) is 6.42 Å². The van der Waals surface area contributed by atoms with Crippen molar-refractivity contribution in [2.75, 3.05) is 11.9 Å². The SMILES string of the molecule is O=C(NCCc1ccccc1F)c1cccnc1Oc1ccc(Nc2ccccn2)cc1. The smallest absolute Gasteiger partial charge is 0.256 e. The van der Waals surface area contributed by atoms with E-state index >= 15 is 0 Å². The monoisotopic (exact) mass is 428 g/mol. The fourth-order valence-electron chi connectivity index (χ4n) is 3.05. The van der Waals surface area contributed by atoms with Crippen LogP contribution in [0.2, 0.25) is 0 Å². The second-order valence-electron chi connectivity index (χ2n) is 6.92. The first kappa shape index (κ1) is 21.0. The predicted octanol–water partition coefficient (Wildman–Crippen LogP) is 5.12. The first-order chi connectivity index (χ1) is 15.7. The second kappa shape index (κ2) is 10.2. The third kappa shape index (κ3) is 5.46. The van der Waals surface area contributed by atoms with E-state index in [-0.39, 0.29) is 17.6 Å². The van der Waals surface area contributed by atoms with Gasteiger partial charge < -0.3 is 15.4 Å². The van der Waals surface area contributed by atoms with Gasteiger partial charge in [0.15, 0.2) is 0 Å². The quantitative estimate of drug-likeness (QED) is 0.407. The number of ether oxygens (including phenoxy) is 1. The molecule has 6 nitrogen and oxygen atoms in total. The molecule has 2 heterocycles. The minimum absolute atomic E-state index is 0.196. The second-order valence-corrected chi connectivity index (χ2v) is 6.92. The molecular formula is C25H21FN4O2. The molecule has 0 saturated heterocycles. The van der Waals surface area contributed by atoms with Crippen molar-refractivity contribution < 1.29 is 13.9 Å². The molecule has 0 aliphatic heterocycles. The molecule has 0 atom stereocenters. The van der Waals surface area contributed by atoms with Gasteiger partial charge in [0.2, 0.25) is 5.88 Å². The van der Waals surface area contributed by atoms with E-state index in [0.717, 1.165) is 11.5 Å². The van der Waals surface area contributed by atoms with Crippen LogP contribution >= 0.6 is 0 Å². The Hall–Kier alpha value is -4.26. The van der Waals surface area contributed by atoms with Crippen LogP contribution in [-0.4, -0.2) is 22.4 Å². The highest BCUT2D eigenvalue weighted by Gasteiger charge is 2.14. The van der Waals surface area contributed by atoms with Crippen LogP contribution in [0.1, 0.15) is 15.9 Å². The molecular weight excluding hydrogens is 407 g/mol. The molecule has 0 unspecified atom stereocenters. The number of rotatable bonds is 8. The van der Waals surface area contributed by atoms with Crippen molar-refractivity contribution in [3.8, 4) is 11.6 Å². The van der Waals surface area contributed by atoms with Crippen molar-refractivity contribution >= 4 is 17.4 Å². The van der Waals surface area contributed by atoms with Crippen molar-refractivity contribution in [2.24, 2.45) is 0 Å². The maximum absolute atomic E-state index is 13.7. The van der Waals surface area contributed by atoms with Gasteiger partial charge in [-0.15, -0.1) is 0 Å². The van der Waals surface area contributed by atoms with Gasteiger partial charge in [0.05, 0.1) is 0 Å². The van der Waals surface area contributed by atoms with Gasteiger partial charge in [-0.3, -0.25) is 4.79 Å². The molecule has 4 rings (SSSR count). The standard InChI is InChI=1S/C25H21FN4O2/c26-22-8-2-1-6-18(22)14-17-28-24(31)21-7-5-16-29-25(21)32-20-12-10-19(11-13-20)30-23-9-3-4-15-27-23/h1-13,15-16H,14,17H2,(H,27,30)(H,28,31). The molecule has 2 aromatic carbocycles. The maximum Gasteiger partial charge on any atom is 0.256 e. The summed E-state index contributed by atoms with van der Waals surface area (Å²) in [5, 5.41) is 5.99. The van der Waals surface area contributed by atoms with Crippen LogP contribution in [0.4, 0.5) is 15.9 Å². The number of benzene rings is 2. The van der Waals surface area contributed by atoms with E-state index < -0.39 is 0 Å². The predicted molar refractivity (Wildman–Crippen MR) is 121 cm³/mol. The topological polar surface area (TPSA) is 76.1 Å². The lowest BCUT2D eigenvalue weighted by Crippen LogP contribution is -2.26. The zero-order chi connectivity index (χ0) is 22.2. The summed E-state index contributed by atoms with van der Waals surface area (Å²) in [5.41, 5.74) is 1.70. The van der Waals surface area contributed by atoms with Gasteiger partial charge in [0, 0.05) is 24.6 Å². The third-order valence-electron chi connectivity index (χ3n) is 4.66. The highest BCUT2D eigenvalue weighted by molar-refractivity contribution is 5.96. The zero-order valence-corrected chi connectivity index (χ0v) is 17.2. The zero-order valence-electron chi connectivity index (χ0n) is 17.2. The fraction of sp³-hybridized carbons (Fsp3) is 0.0800. The fourth-order valence-corrected chi connectivity index (χ4v) is 3.05. The Bertz CT molecular complexity index is 1180. The number of pyridine rings is 2. The lowest BCUT2D eigenvalue weighted by atomic mass is 10.1. The van der Waals surface area contributed by atoms with Gasteiger partial charge >= 0.3 is 0 Å². The normalized spacial score (nSPS) is 10.4. The third-order valence-corrected chi connectivity index (χ3v) is 4.66. The lowest BCUT2D eigenvalue weighted by molar-refractivity contribution is 0.0951. The highest BCUT2D eigenvalue weighted by atomic mass is 19.1. The Morgan fingerprint density at radius 1 is 0.875 bits per heavy atom. The lowest BCUT2D eigenvalue weighted by Gasteiger charge is -2.11. The number of aromatic nitrogens is 2. The Morgan fingerprint density at radius 2 is 1.66 bits per heavy atom. The van der Waals surface area contributed by atoms with Crippen LogP contribution in [-0.2, 0) is 6.42 Å². The van der Waals surface area contributed by atoms with E-state index in [1.807, 2.05) is 30.3 Å². The molecule has 4 aromatic rings. The van der Waals surface area contributed by atoms with E-state index in [4.69, 9.17) is 4.74 Å². The van der Waals surface area contributed by atoms with E-state index in [1.54, 1.807) is 54.9 Å². The number of anilines is 2. The number of halogens is 1. The number of carbonyl (C=O) groups excluding carboxylic acids is 1. The maximum atomic E-state index is 13.7. The van der Waals surface area contributed by atoms with Gasteiger partial charge in [0.25, 0.3) is 5.91 Å². The minimum Gasteiger partial charge on any atom is -0.438 e. The van der Waals surface area contributed by atoms with Gasteiger partial charge in [0.1, 0.15) is 22.9 Å². The molecule has 0 aliphatic carbocycles.